The zero-order valence-electron chi connectivity index (χ0n) is 38.6. The van der Waals surface area contributed by atoms with Crippen LogP contribution in [0.4, 0.5) is 10.1 Å². The fourth-order valence-electron chi connectivity index (χ4n) is 8.25. The maximum absolute atomic E-state index is 14.9. The summed E-state index contributed by atoms with van der Waals surface area (Å²) in [5.41, 5.74) is 5.01. The first-order chi connectivity index (χ1) is 33.1. The number of benzene rings is 4. The number of aryl methyl sites for hydroxylation is 2. The van der Waals surface area contributed by atoms with Crippen molar-refractivity contribution in [1.29, 1.82) is 0 Å². The molecule has 69 heavy (non-hydrogen) atoms. The Morgan fingerprint density at radius 1 is 0.783 bits per heavy atom. The number of aromatic nitrogens is 5. The lowest BCUT2D eigenvalue weighted by atomic mass is 10.1. The third-order valence-corrected chi connectivity index (χ3v) is 12.0. The predicted octanol–water partition coefficient (Wildman–Crippen LogP) is 7.26. The zero-order chi connectivity index (χ0) is 49.1. The summed E-state index contributed by atoms with van der Waals surface area (Å²) >= 11 is 0. The summed E-state index contributed by atoms with van der Waals surface area (Å²) in [5, 5.41) is 10.0. The fraction of sp³-hybridized carbons (Fsp3) is 0.208. The Hall–Kier alpha value is -8.37. The average Bonchev–Trinajstić information content (AvgIpc) is 3.33. The van der Waals surface area contributed by atoms with Gasteiger partial charge in [-0.05, 0) is 94.4 Å². The van der Waals surface area contributed by atoms with Gasteiger partial charge in [0.2, 0.25) is 0 Å². The lowest BCUT2D eigenvalue weighted by molar-refractivity contribution is 0.0696. The van der Waals surface area contributed by atoms with E-state index in [1.54, 1.807) is 54.9 Å². The van der Waals surface area contributed by atoms with Crippen molar-refractivity contribution in [2.45, 2.75) is 34.2 Å². The second-order valence-corrected chi connectivity index (χ2v) is 16.8. The number of carbonyl (C=O) groups excluding carboxylic acids is 2. The van der Waals surface area contributed by atoms with Gasteiger partial charge < -0.3 is 24.2 Å². The molecule has 0 amide bonds. The Labute approximate surface area is 394 Å². The number of halogens is 1. The molecule has 8 aromatic rings. The van der Waals surface area contributed by atoms with Crippen molar-refractivity contribution < 1.29 is 28.6 Å². The Balaban J connectivity index is 0.000000146. The summed E-state index contributed by atoms with van der Waals surface area (Å²) in [6, 6.07) is 26.3. The van der Waals surface area contributed by atoms with Gasteiger partial charge >= 0.3 is 5.97 Å². The standard InChI is InChI=1S/C24H18N2O3.C18H20FN3O3.C11H10N2O2/c1-16-9-11-17(12-10-16)13-14-22-25-21-8-3-2-7-20(21)23(27)26(22)19-6-4-5-18(15-19)24(28)29;1-11(23)13-10-22-7-8-25-18-15(22)12(17(13)24)9-14(19)16(18)21-5-3-20(2)4-6-21;1-7-4-3-5-13-10(7)12-6-9(8(2)14)11(13)15/h2-15H,1H3,(H,28,29);9-10H,3-8H2,1-2H3;3-6H,1-2H3/b14-13+;;. The van der Waals surface area contributed by atoms with E-state index in [0.29, 0.717) is 71.3 Å². The van der Waals surface area contributed by atoms with E-state index in [9.17, 15) is 38.3 Å². The van der Waals surface area contributed by atoms with Crippen LogP contribution in [0.25, 0.3) is 45.3 Å². The van der Waals surface area contributed by atoms with Crippen LogP contribution in [0.5, 0.6) is 5.75 Å². The molecule has 0 spiro atoms. The van der Waals surface area contributed by atoms with E-state index in [2.05, 4.69) is 14.9 Å². The molecule has 1 saturated heterocycles. The molecule has 2 aliphatic rings. The lowest BCUT2D eigenvalue weighted by Crippen LogP contribution is -2.45. The van der Waals surface area contributed by atoms with Gasteiger partial charge in [0.05, 0.1) is 45.2 Å². The molecule has 0 bridgehead atoms. The predicted molar refractivity (Wildman–Crippen MR) is 264 cm³/mol. The zero-order valence-corrected chi connectivity index (χ0v) is 38.6. The smallest absolute Gasteiger partial charge is 0.335 e. The molecule has 4 aromatic carbocycles. The third-order valence-electron chi connectivity index (χ3n) is 12.0. The van der Waals surface area contributed by atoms with Crippen molar-refractivity contribution in [3.63, 3.8) is 0 Å². The number of piperazine rings is 1. The number of ketones is 2. The van der Waals surface area contributed by atoms with Gasteiger partial charge in [-0.3, -0.25) is 32.9 Å². The topological polar surface area (TPSA) is 178 Å². The molecule has 4 aromatic heterocycles. The van der Waals surface area contributed by atoms with Gasteiger partial charge in [-0.1, -0.05) is 60.2 Å². The quantitative estimate of drug-likeness (QED) is 0.159. The number of nitrogens with zero attached hydrogens (tertiary/aromatic N) is 7. The number of para-hydroxylation sites is 1. The largest absolute Gasteiger partial charge is 0.487 e. The van der Waals surface area contributed by atoms with Gasteiger partial charge in [0, 0.05) is 44.8 Å². The molecule has 0 saturated carbocycles. The summed E-state index contributed by atoms with van der Waals surface area (Å²) in [4.78, 5) is 84.9. The highest BCUT2D eigenvalue weighted by Crippen LogP contribution is 2.40. The number of anilines is 1. The van der Waals surface area contributed by atoms with Gasteiger partial charge in [-0.25, -0.2) is 19.2 Å². The summed E-state index contributed by atoms with van der Waals surface area (Å²) < 4.78 is 25.4. The maximum atomic E-state index is 14.9. The highest BCUT2D eigenvalue weighted by molar-refractivity contribution is 6.00. The van der Waals surface area contributed by atoms with Crippen LogP contribution in [0.15, 0.2) is 124 Å². The molecule has 350 valence electrons. The minimum atomic E-state index is -1.05. The van der Waals surface area contributed by atoms with Crippen LogP contribution in [0.3, 0.4) is 0 Å². The van der Waals surface area contributed by atoms with E-state index >= 15 is 0 Å². The molecule has 0 atom stereocenters. The van der Waals surface area contributed by atoms with Crippen molar-refractivity contribution in [3.8, 4) is 11.4 Å². The maximum Gasteiger partial charge on any atom is 0.335 e. The summed E-state index contributed by atoms with van der Waals surface area (Å²) in [6.45, 7) is 10.6. The van der Waals surface area contributed by atoms with Gasteiger partial charge in [0.25, 0.3) is 11.1 Å². The minimum Gasteiger partial charge on any atom is -0.487 e. The van der Waals surface area contributed by atoms with E-state index in [-0.39, 0.29) is 44.8 Å². The average molecular weight is 930 g/mol. The van der Waals surface area contributed by atoms with Crippen molar-refractivity contribution in [2.24, 2.45) is 0 Å². The van der Waals surface area contributed by atoms with Crippen LogP contribution in [0.2, 0.25) is 0 Å². The number of ether oxygens (including phenoxy) is 1. The Morgan fingerprint density at radius 3 is 2.22 bits per heavy atom. The van der Waals surface area contributed by atoms with E-state index in [1.807, 2.05) is 72.8 Å². The number of carboxylic acids is 1. The van der Waals surface area contributed by atoms with Gasteiger partial charge in [-0.2, -0.15) is 0 Å². The molecule has 1 N–H and O–H groups in total. The van der Waals surface area contributed by atoms with E-state index in [0.717, 1.165) is 29.8 Å². The molecule has 15 nitrogen and oxygen atoms in total. The molecule has 6 heterocycles. The molecule has 0 unspecified atom stereocenters. The Kier molecular flexibility index (Phi) is 13.6. The number of carbonyl (C=O) groups is 3. The SMILES string of the molecule is CC(=O)c1cn2c3c(c(N4CCN(C)CC4)c(F)cc3c1=O)OCC2.CC(=O)c1cnc2c(C)cccn2c1=O.Cc1ccc(/C=C/c2nc3ccccc3c(=O)n2-c2cccc(C(=O)O)c2)cc1. The molecule has 0 aliphatic carbocycles. The number of fused-ring (bicyclic) bond motifs is 2. The van der Waals surface area contributed by atoms with Crippen molar-refractivity contribution in [2.75, 3.05) is 44.7 Å². The number of aromatic carboxylic acids is 1. The summed E-state index contributed by atoms with van der Waals surface area (Å²) in [6.07, 6.45) is 8.18. The first kappa shape index (κ1) is 47.1. The highest BCUT2D eigenvalue weighted by atomic mass is 19.1. The van der Waals surface area contributed by atoms with E-state index in [4.69, 9.17) is 4.74 Å². The number of pyridine rings is 2. The first-order valence-corrected chi connectivity index (χ1v) is 22.2. The van der Waals surface area contributed by atoms with Crippen molar-refractivity contribution >= 4 is 62.8 Å². The Bertz CT molecular complexity index is 3550. The summed E-state index contributed by atoms with van der Waals surface area (Å²) in [7, 11) is 2.04. The van der Waals surface area contributed by atoms with Gasteiger partial charge in [0.1, 0.15) is 29.3 Å². The van der Waals surface area contributed by atoms with Crippen molar-refractivity contribution in [1.82, 2.24) is 28.4 Å². The number of hydrogen-bond acceptors (Lipinski definition) is 11. The number of rotatable bonds is 7. The molecule has 10 rings (SSSR count). The van der Waals surface area contributed by atoms with Crippen LogP contribution in [0, 0.1) is 19.7 Å². The van der Waals surface area contributed by atoms with Crippen LogP contribution < -0.4 is 26.2 Å². The van der Waals surface area contributed by atoms with Crippen molar-refractivity contribution in [3.05, 3.63) is 186 Å². The monoisotopic (exact) mass is 929 g/mol. The molecular weight excluding hydrogens is 882 g/mol. The lowest BCUT2D eigenvalue weighted by Gasteiger charge is -2.36. The van der Waals surface area contributed by atoms with E-state index < -0.39 is 17.2 Å². The molecule has 2 aliphatic heterocycles. The number of hydrogen-bond donors (Lipinski definition) is 1. The Morgan fingerprint density at radius 2 is 1.51 bits per heavy atom. The van der Waals surface area contributed by atoms with Crippen LogP contribution in [0.1, 0.15) is 67.4 Å². The molecular formula is C53H48FN7O8. The first-order valence-electron chi connectivity index (χ1n) is 22.2. The van der Waals surface area contributed by atoms with Crippen LogP contribution >= 0.6 is 0 Å². The molecule has 1 fully saturated rings. The van der Waals surface area contributed by atoms with Crippen LogP contribution in [-0.4, -0.2) is 90.9 Å². The molecule has 16 heteroatoms. The van der Waals surface area contributed by atoms with Crippen LogP contribution in [-0.2, 0) is 6.54 Å². The minimum absolute atomic E-state index is 0.0899. The highest BCUT2D eigenvalue weighted by Gasteiger charge is 2.29. The number of Topliss-reactive ketones (excluding diaryl/α,β-unsaturated/α-hetero) is 2. The van der Waals surface area contributed by atoms with Gasteiger partial charge in [0.15, 0.2) is 28.6 Å². The second kappa shape index (κ2) is 19.8. The third kappa shape index (κ3) is 9.74. The fourth-order valence-corrected chi connectivity index (χ4v) is 8.25. The number of likely N-dealkylation sites (N-methyl/N-ethyl adjacent to an activating group) is 1. The summed E-state index contributed by atoms with van der Waals surface area (Å²) in [5.74, 6) is -1.26. The van der Waals surface area contributed by atoms with Gasteiger partial charge in [-0.15, -0.1) is 0 Å². The normalized spacial score (nSPS) is 13.4. The number of carboxylic acid groups (broad SMARTS) is 1. The second-order valence-electron chi connectivity index (χ2n) is 16.8. The van der Waals surface area contributed by atoms with E-state index in [1.165, 1.54) is 47.2 Å². The molecule has 0 radical (unpaired) electrons.